The first-order valence-electron chi connectivity index (χ1n) is 6.69. The number of benzene rings is 2. The quantitative estimate of drug-likeness (QED) is 0.759. The van der Waals surface area contributed by atoms with Crippen molar-refractivity contribution in [3.63, 3.8) is 0 Å². The predicted octanol–water partition coefficient (Wildman–Crippen LogP) is 4.56. The molecule has 3 aromatic rings. The number of nitrogens with zero attached hydrogens (tertiary/aromatic N) is 1. The minimum absolute atomic E-state index is 0.463. The highest BCUT2D eigenvalue weighted by Crippen LogP contribution is 2.31. The molecule has 3 rings (SSSR count). The first kappa shape index (κ1) is 14.0. The van der Waals surface area contributed by atoms with Crippen molar-refractivity contribution >= 4 is 26.7 Å². The second-order valence-electron chi connectivity index (χ2n) is 4.85. The second kappa shape index (κ2) is 5.84. The number of nitrogens with two attached hydrogens (primary N) is 1. The highest BCUT2D eigenvalue weighted by molar-refractivity contribution is 9.10. The van der Waals surface area contributed by atoms with Gasteiger partial charge in [-0.2, -0.15) is 0 Å². The van der Waals surface area contributed by atoms with Gasteiger partial charge in [0.2, 0.25) is 5.88 Å². The number of halogens is 1. The van der Waals surface area contributed by atoms with Gasteiger partial charge in [-0.05, 0) is 47.7 Å². The monoisotopic (exact) mass is 342 g/mol. The molecule has 0 saturated heterocycles. The van der Waals surface area contributed by atoms with Crippen molar-refractivity contribution in [1.29, 1.82) is 0 Å². The van der Waals surface area contributed by atoms with E-state index in [9.17, 15) is 0 Å². The molecule has 1 heterocycles. The molecule has 21 heavy (non-hydrogen) atoms. The third kappa shape index (κ3) is 2.77. The highest BCUT2D eigenvalue weighted by atomic mass is 79.9. The number of aryl methyl sites for hydroxylation is 1. The summed E-state index contributed by atoms with van der Waals surface area (Å²) in [6.45, 7) is 2.49. The average molecular weight is 343 g/mol. The van der Waals surface area contributed by atoms with Crippen molar-refractivity contribution in [1.82, 2.24) is 4.98 Å². The minimum atomic E-state index is 0.463. The Morgan fingerprint density at radius 2 is 1.90 bits per heavy atom. The molecular weight excluding hydrogens is 328 g/mol. The third-order valence-corrected chi connectivity index (χ3v) is 4.29. The molecule has 0 amide bonds. The fraction of sp³-hybridized carbons (Fsp3) is 0.118. The molecule has 2 aromatic carbocycles. The summed E-state index contributed by atoms with van der Waals surface area (Å²) in [7, 11) is 0. The lowest BCUT2D eigenvalue weighted by molar-refractivity contribution is 0.468. The van der Waals surface area contributed by atoms with Gasteiger partial charge in [-0.15, -0.1) is 0 Å². The van der Waals surface area contributed by atoms with E-state index in [0.29, 0.717) is 12.4 Å². The lowest BCUT2D eigenvalue weighted by Gasteiger charge is -2.11. The molecular formula is C17H15BrN2O. The summed E-state index contributed by atoms with van der Waals surface area (Å²) >= 11 is 3.49. The van der Waals surface area contributed by atoms with E-state index in [1.54, 1.807) is 6.20 Å². The summed E-state index contributed by atoms with van der Waals surface area (Å²) in [5, 5.41) is 2.06. The van der Waals surface area contributed by atoms with Gasteiger partial charge in [-0.25, -0.2) is 4.98 Å². The van der Waals surface area contributed by atoms with Crippen LogP contribution in [0.3, 0.4) is 0 Å². The van der Waals surface area contributed by atoms with Crippen molar-refractivity contribution in [2.75, 3.05) is 0 Å². The minimum Gasteiger partial charge on any atom is -0.438 e. The van der Waals surface area contributed by atoms with E-state index in [1.165, 1.54) is 0 Å². The molecule has 0 aliphatic carbocycles. The van der Waals surface area contributed by atoms with Crippen LogP contribution in [-0.4, -0.2) is 4.98 Å². The molecule has 0 unspecified atom stereocenters. The van der Waals surface area contributed by atoms with E-state index in [2.05, 4.69) is 20.9 Å². The molecule has 0 saturated carbocycles. The topological polar surface area (TPSA) is 48.1 Å². The van der Waals surface area contributed by atoms with Crippen LogP contribution in [0, 0.1) is 6.92 Å². The molecule has 0 spiro atoms. The van der Waals surface area contributed by atoms with Gasteiger partial charge >= 0.3 is 0 Å². The van der Waals surface area contributed by atoms with Crippen molar-refractivity contribution in [2.45, 2.75) is 13.5 Å². The van der Waals surface area contributed by atoms with Gasteiger partial charge in [-0.3, -0.25) is 0 Å². The van der Waals surface area contributed by atoms with Crippen molar-refractivity contribution < 1.29 is 4.74 Å². The van der Waals surface area contributed by atoms with E-state index >= 15 is 0 Å². The molecule has 2 N–H and O–H groups in total. The average Bonchev–Trinajstić information content (AvgIpc) is 2.51. The fourth-order valence-electron chi connectivity index (χ4n) is 2.26. The number of hydrogen-bond donors (Lipinski definition) is 1. The van der Waals surface area contributed by atoms with E-state index in [1.807, 2.05) is 49.4 Å². The van der Waals surface area contributed by atoms with E-state index in [0.717, 1.165) is 32.1 Å². The van der Waals surface area contributed by atoms with Crippen molar-refractivity contribution in [3.8, 4) is 11.6 Å². The zero-order valence-electron chi connectivity index (χ0n) is 11.6. The Bertz CT molecular complexity index is 802. The van der Waals surface area contributed by atoms with Crippen LogP contribution >= 0.6 is 15.9 Å². The number of aromatic nitrogens is 1. The summed E-state index contributed by atoms with van der Waals surface area (Å²) in [5.41, 5.74) is 7.91. The van der Waals surface area contributed by atoms with Gasteiger partial charge in [0.15, 0.2) is 0 Å². The molecule has 4 heteroatoms. The molecule has 106 valence electrons. The van der Waals surface area contributed by atoms with Crippen LogP contribution in [-0.2, 0) is 6.54 Å². The van der Waals surface area contributed by atoms with E-state index < -0.39 is 0 Å². The van der Waals surface area contributed by atoms with Crippen LogP contribution in [0.15, 0.2) is 53.1 Å². The van der Waals surface area contributed by atoms with Gasteiger partial charge < -0.3 is 10.5 Å². The summed E-state index contributed by atoms with van der Waals surface area (Å²) in [4.78, 5) is 4.41. The first-order valence-corrected chi connectivity index (χ1v) is 7.49. The Morgan fingerprint density at radius 1 is 1.14 bits per heavy atom. The SMILES string of the molecule is Cc1cc(Oc2ncc(CN)c3ccccc23)ccc1Br. The molecule has 0 fully saturated rings. The first-order chi connectivity index (χ1) is 10.2. The third-order valence-electron chi connectivity index (χ3n) is 3.40. The van der Waals surface area contributed by atoms with Crippen LogP contribution in [0.25, 0.3) is 10.8 Å². The number of ether oxygens (including phenoxy) is 1. The number of rotatable bonds is 3. The van der Waals surface area contributed by atoms with Gasteiger partial charge in [0, 0.05) is 22.6 Å². The van der Waals surface area contributed by atoms with Crippen molar-refractivity contribution in [3.05, 3.63) is 64.3 Å². The number of hydrogen-bond acceptors (Lipinski definition) is 3. The van der Waals surface area contributed by atoms with Crippen molar-refractivity contribution in [2.24, 2.45) is 5.73 Å². The maximum atomic E-state index is 5.95. The molecule has 0 aliphatic heterocycles. The predicted molar refractivity (Wildman–Crippen MR) is 88.6 cm³/mol. The smallest absolute Gasteiger partial charge is 0.227 e. The van der Waals surface area contributed by atoms with Crippen LogP contribution < -0.4 is 10.5 Å². The van der Waals surface area contributed by atoms with Gasteiger partial charge in [0.1, 0.15) is 5.75 Å². The molecule has 3 nitrogen and oxygen atoms in total. The molecule has 0 radical (unpaired) electrons. The van der Waals surface area contributed by atoms with E-state index in [-0.39, 0.29) is 0 Å². The maximum absolute atomic E-state index is 5.95. The zero-order valence-corrected chi connectivity index (χ0v) is 13.2. The van der Waals surface area contributed by atoms with Gasteiger partial charge in [-0.1, -0.05) is 34.1 Å². The molecule has 1 aromatic heterocycles. The molecule has 0 atom stereocenters. The fourth-order valence-corrected chi connectivity index (χ4v) is 2.51. The van der Waals surface area contributed by atoms with Gasteiger partial charge in [0.05, 0.1) is 0 Å². The Hall–Kier alpha value is -1.91. The Kier molecular flexibility index (Phi) is 3.90. The largest absolute Gasteiger partial charge is 0.438 e. The standard InChI is InChI=1S/C17H15BrN2O/c1-11-8-13(6-7-16(11)18)21-17-15-5-3-2-4-14(15)12(9-19)10-20-17/h2-8,10H,9,19H2,1H3. The summed E-state index contributed by atoms with van der Waals surface area (Å²) in [5.74, 6) is 1.37. The number of pyridine rings is 1. The van der Waals surface area contributed by atoms with Crippen LogP contribution in [0.5, 0.6) is 11.6 Å². The Balaban J connectivity index is 2.06. The lowest BCUT2D eigenvalue weighted by atomic mass is 10.1. The number of fused-ring (bicyclic) bond motifs is 1. The lowest BCUT2D eigenvalue weighted by Crippen LogP contribution is -1.99. The van der Waals surface area contributed by atoms with E-state index in [4.69, 9.17) is 10.5 Å². The van der Waals surface area contributed by atoms with Crippen LogP contribution in [0.1, 0.15) is 11.1 Å². The summed E-state index contributed by atoms with van der Waals surface area (Å²) in [6, 6.07) is 13.9. The zero-order chi connectivity index (χ0) is 14.8. The van der Waals surface area contributed by atoms with Crippen LogP contribution in [0.4, 0.5) is 0 Å². The molecule has 0 aliphatic rings. The molecule has 0 bridgehead atoms. The summed E-state index contributed by atoms with van der Waals surface area (Å²) < 4.78 is 7.02. The van der Waals surface area contributed by atoms with Crippen LogP contribution in [0.2, 0.25) is 0 Å². The maximum Gasteiger partial charge on any atom is 0.227 e. The normalized spacial score (nSPS) is 10.8. The Morgan fingerprint density at radius 3 is 2.62 bits per heavy atom. The summed E-state index contributed by atoms with van der Waals surface area (Å²) in [6.07, 6.45) is 1.78. The van der Waals surface area contributed by atoms with Gasteiger partial charge in [0.25, 0.3) is 0 Å². The Labute approximate surface area is 131 Å². The second-order valence-corrected chi connectivity index (χ2v) is 5.71. The highest BCUT2D eigenvalue weighted by Gasteiger charge is 2.09.